The molecule has 0 radical (unpaired) electrons. The first-order valence-corrected chi connectivity index (χ1v) is 9.90. The normalized spacial score (nSPS) is 11.5. The van der Waals surface area contributed by atoms with Gasteiger partial charge >= 0.3 is 5.97 Å². The van der Waals surface area contributed by atoms with Gasteiger partial charge < -0.3 is 14.8 Å². The predicted molar refractivity (Wildman–Crippen MR) is 110 cm³/mol. The molecular formula is C22H21NO4S. The minimum atomic E-state index is -1.05. The molecule has 6 heteroatoms. The van der Waals surface area contributed by atoms with E-state index in [4.69, 9.17) is 9.47 Å². The third-order valence-electron chi connectivity index (χ3n) is 3.96. The van der Waals surface area contributed by atoms with Crippen LogP contribution in [-0.4, -0.2) is 18.5 Å². The van der Waals surface area contributed by atoms with Crippen molar-refractivity contribution < 1.29 is 19.1 Å². The number of ether oxygens (including phenoxy) is 2. The molecule has 5 nitrogen and oxygen atoms in total. The molecule has 0 saturated heterocycles. The quantitative estimate of drug-likeness (QED) is 0.566. The van der Waals surface area contributed by atoms with Crippen LogP contribution in [-0.2, 0) is 20.7 Å². The van der Waals surface area contributed by atoms with Crippen LogP contribution in [0.5, 0.6) is 5.75 Å². The molecule has 1 aromatic heterocycles. The number of hydrogen-bond donors (Lipinski definition) is 1. The fraction of sp³-hybridized carbons (Fsp3) is 0.182. The van der Waals surface area contributed by atoms with Gasteiger partial charge in [-0.1, -0.05) is 42.5 Å². The van der Waals surface area contributed by atoms with Crippen LogP contribution in [0.3, 0.4) is 0 Å². The molecule has 3 rings (SSSR count). The minimum absolute atomic E-state index is 0.121. The number of amides is 1. The fourth-order valence-corrected chi connectivity index (χ4v) is 3.35. The molecule has 0 spiro atoms. The Labute approximate surface area is 167 Å². The maximum atomic E-state index is 13.0. The molecule has 1 amide bonds. The van der Waals surface area contributed by atoms with E-state index in [1.165, 1.54) is 11.3 Å². The van der Waals surface area contributed by atoms with E-state index in [-0.39, 0.29) is 6.42 Å². The molecule has 3 aromatic rings. The monoisotopic (exact) mass is 395 g/mol. The average molecular weight is 395 g/mol. The number of benzene rings is 2. The Morgan fingerprint density at radius 1 is 1.04 bits per heavy atom. The second-order valence-corrected chi connectivity index (χ2v) is 6.79. The highest BCUT2D eigenvalue weighted by Gasteiger charge is 2.26. The molecule has 1 heterocycles. The largest absolute Gasteiger partial charge is 0.492 e. The van der Waals surface area contributed by atoms with Crippen molar-refractivity contribution in [3.05, 3.63) is 82.6 Å². The zero-order valence-electron chi connectivity index (χ0n) is 15.5. The lowest BCUT2D eigenvalue weighted by Gasteiger charge is -2.19. The van der Waals surface area contributed by atoms with Crippen LogP contribution < -0.4 is 10.1 Å². The van der Waals surface area contributed by atoms with Crippen LogP contribution >= 0.6 is 11.3 Å². The number of rotatable bonds is 8. The SMILES string of the molecule is CCOc1ccccc1NC(=O)C(OC(=O)Cc1ccsc1)c1ccccc1. The standard InChI is InChI=1S/C22H21NO4S/c1-2-26-19-11-7-6-10-18(19)23-22(25)21(17-8-4-3-5-9-17)27-20(24)14-16-12-13-28-15-16/h3-13,15,21H,2,14H2,1H3,(H,23,25). The van der Waals surface area contributed by atoms with Crippen LogP contribution in [0.2, 0.25) is 0 Å². The smallest absolute Gasteiger partial charge is 0.311 e. The fourth-order valence-electron chi connectivity index (χ4n) is 2.68. The van der Waals surface area contributed by atoms with E-state index in [1.54, 1.807) is 42.5 Å². The Morgan fingerprint density at radius 3 is 2.50 bits per heavy atom. The van der Waals surface area contributed by atoms with E-state index in [1.807, 2.05) is 35.9 Å². The van der Waals surface area contributed by atoms with E-state index < -0.39 is 18.0 Å². The Kier molecular flexibility index (Phi) is 6.81. The third kappa shape index (κ3) is 5.20. The molecule has 1 N–H and O–H groups in total. The third-order valence-corrected chi connectivity index (χ3v) is 4.70. The van der Waals surface area contributed by atoms with Crippen LogP contribution in [0.15, 0.2) is 71.4 Å². The van der Waals surface area contributed by atoms with Crippen LogP contribution in [0.25, 0.3) is 0 Å². The topological polar surface area (TPSA) is 64.6 Å². The molecule has 0 bridgehead atoms. The lowest BCUT2D eigenvalue weighted by Crippen LogP contribution is -2.26. The highest BCUT2D eigenvalue weighted by atomic mass is 32.1. The van der Waals surface area contributed by atoms with Gasteiger partial charge in [0.2, 0.25) is 6.10 Å². The van der Waals surface area contributed by atoms with Gasteiger partial charge in [0.1, 0.15) is 5.75 Å². The number of para-hydroxylation sites is 2. The zero-order valence-corrected chi connectivity index (χ0v) is 16.3. The summed E-state index contributed by atoms with van der Waals surface area (Å²) in [7, 11) is 0. The van der Waals surface area contributed by atoms with Crippen molar-refractivity contribution in [3.63, 3.8) is 0 Å². The summed E-state index contributed by atoms with van der Waals surface area (Å²) in [4.78, 5) is 25.4. The number of anilines is 1. The van der Waals surface area contributed by atoms with Gasteiger partial charge in [-0.25, -0.2) is 0 Å². The minimum Gasteiger partial charge on any atom is -0.492 e. The molecule has 144 valence electrons. The molecule has 1 atom stereocenters. The van der Waals surface area contributed by atoms with Crippen LogP contribution in [0.4, 0.5) is 5.69 Å². The van der Waals surface area contributed by atoms with Crippen molar-refractivity contribution in [1.29, 1.82) is 0 Å². The molecule has 0 saturated carbocycles. The Morgan fingerprint density at radius 2 is 1.79 bits per heavy atom. The van der Waals surface area contributed by atoms with Crippen molar-refractivity contribution in [1.82, 2.24) is 0 Å². The number of carbonyl (C=O) groups excluding carboxylic acids is 2. The van der Waals surface area contributed by atoms with E-state index >= 15 is 0 Å². The van der Waals surface area contributed by atoms with Gasteiger partial charge in [0, 0.05) is 5.56 Å². The summed E-state index contributed by atoms with van der Waals surface area (Å²) in [6, 6.07) is 18.0. The summed E-state index contributed by atoms with van der Waals surface area (Å²) in [5, 5.41) is 6.60. The second-order valence-electron chi connectivity index (χ2n) is 6.01. The average Bonchev–Trinajstić information content (AvgIpc) is 3.21. The highest BCUT2D eigenvalue weighted by Crippen LogP contribution is 2.27. The van der Waals surface area contributed by atoms with Crippen molar-refractivity contribution in [2.45, 2.75) is 19.4 Å². The molecule has 0 aliphatic rings. The first-order chi connectivity index (χ1) is 13.7. The molecule has 2 aromatic carbocycles. The Hall–Kier alpha value is -3.12. The summed E-state index contributed by atoms with van der Waals surface area (Å²) in [5.74, 6) is -0.327. The van der Waals surface area contributed by atoms with E-state index in [9.17, 15) is 9.59 Å². The lowest BCUT2D eigenvalue weighted by molar-refractivity contribution is -0.154. The number of nitrogens with one attached hydrogen (secondary N) is 1. The number of hydrogen-bond acceptors (Lipinski definition) is 5. The lowest BCUT2D eigenvalue weighted by atomic mass is 10.1. The summed E-state index contributed by atoms with van der Waals surface area (Å²) >= 11 is 1.51. The van der Waals surface area contributed by atoms with Crippen LogP contribution in [0, 0.1) is 0 Å². The zero-order chi connectivity index (χ0) is 19.8. The summed E-state index contributed by atoms with van der Waals surface area (Å²) in [6.45, 7) is 2.35. The van der Waals surface area contributed by atoms with E-state index in [0.717, 1.165) is 5.56 Å². The van der Waals surface area contributed by atoms with Crippen LogP contribution in [0.1, 0.15) is 24.2 Å². The number of esters is 1. The Bertz CT molecular complexity index is 909. The number of thiophene rings is 1. The van der Waals surface area contributed by atoms with Crippen molar-refractivity contribution in [2.24, 2.45) is 0 Å². The van der Waals surface area contributed by atoms with Gasteiger partial charge in [-0.05, 0) is 41.4 Å². The maximum Gasteiger partial charge on any atom is 0.311 e. The first-order valence-electron chi connectivity index (χ1n) is 8.95. The summed E-state index contributed by atoms with van der Waals surface area (Å²) in [6.07, 6.45) is -0.933. The van der Waals surface area contributed by atoms with E-state index in [2.05, 4.69) is 5.32 Å². The molecular weight excluding hydrogens is 374 g/mol. The summed E-state index contributed by atoms with van der Waals surface area (Å²) < 4.78 is 11.1. The molecule has 28 heavy (non-hydrogen) atoms. The van der Waals surface area contributed by atoms with Crippen molar-refractivity contribution >= 4 is 28.9 Å². The predicted octanol–water partition coefficient (Wildman–Crippen LogP) is 4.61. The first kappa shape index (κ1) is 19.6. The van der Waals surface area contributed by atoms with Crippen molar-refractivity contribution in [3.8, 4) is 5.75 Å². The Balaban J connectivity index is 1.78. The van der Waals surface area contributed by atoms with Gasteiger partial charge in [0.05, 0.1) is 18.7 Å². The van der Waals surface area contributed by atoms with Gasteiger partial charge in [0.15, 0.2) is 0 Å². The summed E-state index contributed by atoms with van der Waals surface area (Å²) in [5.41, 5.74) is 2.00. The highest BCUT2D eigenvalue weighted by molar-refractivity contribution is 7.08. The van der Waals surface area contributed by atoms with Gasteiger partial charge in [-0.2, -0.15) is 11.3 Å². The molecule has 1 unspecified atom stereocenters. The van der Waals surface area contributed by atoms with Gasteiger partial charge in [-0.3, -0.25) is 9.59 Å². The molecule has 0 aliphatic carbocycles. The molecule has 0 fully saturated rings. The van der Waals surface area contributed by atoms with E-state index in [0.29, 0.717) is 23.6 Å². The molecule has 0 aliphatic heterocycles. The van der Waals surface area contributed by atoms with Gasteiger partial charge in [-0.15, -0.1) is 0 Å². The number of carbonyl (C=O) groups is 2. The van der Waals surface area contributed by atoms with Crippen molar-refractivity contribution in [2.75, 3.05) is 11.9 Å². The maximum absolute atomic E-state index is 13.0. The van der Waals surface area contributed by atoms with Gasteiger partial charge in [0.25, 0.3) is 5.91 Å². The second kappa shape index (κ2) is 9.71.